The topological polar surface area (TPSA) is 74.4 Å². The van der Waals surface area contributed by atoms with Crippen LogP contribution in [0.4, 0.5) is 0 Å². The van der Waals surface area contributed by atoms with Crippen molar-refractivity contribution in [2.45, 2.75) is 13.0 Å². The molecular weight excluding hydrogens is 204 g/mol. The molecule has 0 amide bonds. The van der Waals surface area contributed by atoms with E-state index in [9.17, 15) is 4.79 Å². The van der Waals surface area contributed by atoms with Crippen molar-refractivity contribution >= 4 is 17.3 Å². The van der Waals surface area contributed by atoms with Gasteiger partial charge < -0.3 is 15.2 Å². The highest BCUT2D eigenvalue weighted by molar-refractivity contribution is 7.11. The molecule has 0 spiro atoms. The Hall–Kier alpha value is -1.14. The fraction of sp³-hybridized carbons (Fsp3) is 0.500. The normalized spacial score (nSPS) is 12.2. The summed E-state index contributed by atoms with van der Waals surface area (Å²) in [6.07, 6.45) is 0. The molecule has 2 N–H and O–H groups in total. The van der Waals surface area contributed by atoms with Gasteiger partial charge >= 0.3 is 5.97 Å². The van der Waals surface area contributed by atoms with Crippen LogP contribution in [0.3, 0.4) is 0 Å². The molecule has 0 aliphatic rings. The van der Waals surface area contributed by atoms with Crippen molar-refractivity contribution in [2.75, 3.05) is 13.7 Å². The molecule has 1 rings (SSSR count). The summed E-state index contributed by atoms with van der Waals surface area (Å²) in [4.78, 5) is 14.9. The van der Waals surface area contributed by atoms with Crippen molar-refractivity contribution < 1.29 is 14.3 Å². The number of hydrogen-bond acceptors (Lipinski definition) is 6. The number of ether oxygens (including phenoxy) is 2. The number of methoxy groups -OCH3 is 1. The van der Waals surface area contributed by atoms with Gasteiger partial charge in [-0.1, -0.05) is 11.3 Å². The second-order valence-electron chi connectivity index (χ2n) is 2.78. The summed E-state index contributed by atoms with van der Waals surface area (Å²) in [7, 11) is 1.31. The fourth-order valence-corrected chi connectivity index (χ4v) is 1.37. The fourth-order valence-electron chi connectivity index (χ4n) is 0.725. The van der Waals surface area contributed by atoms with E-state index < -0.39 is 5.97 Å². The first-order valence-electron chi connectivity index (χ1n) is 4.05. The molecule has 0 aliphatic carbocycles. The number of hydrogen-bond donors (Lipinski definition) is 1. The SMILES string of the molecule is COC(=O)c1csc(OCC(C)N)n1. The molecule has 1 heterocycles. The van der Waals surface area contributed by atoms with Gasteiger partial charge in [0, 0.05) is 11.4 Å². The molecule has 0 aromatic carbocycles. The van der Waals surface area contributed by atoms with Crippen LogP contribution in [-0.2, 0) is 4.74 Å². The third kappa shape index (κ3) is 2.97. The van der Waals surface area contributed by atoms with Crippen molar-refractivity contribution in [3.05, 3.63) is 11.1 Å². The zero-order valence-corrected chi connectivity index (χ0v) is 8.84. The molecule has 78 valence electrons. The molecule has 0 saturated carbocycles. The van der Waals surface area contributed by atoms with Crippen LogP contribution in [0, 0.1) is 0 Å². The Morgan fingerprint density at radius 3 is 3.07 bits per heavy atom. The molecule has 6 heteroatoms. The number of nitrogens with zero attached hydrogens (tertiary/aromatic N) is 1. The lowest BCUT2D eigenvalue weighted by Gasteiger charge is -2.03. The van der Waals surface area contributed by atoms with E-state index in [1.807, 2.05) is 6.92 Å². The Labute approximate surface area is 85.8 Å². The third-order valence-corrected chi connectivity index (χ3v) is 2.10. The maximum atomic E-state index is 11.0. The molecule has 0 bridgehead atoms. The van der Waals surface area contributed by atoms with E-state index in [1.54, 1.807) is 5.38 Å². The van der Waals surface area contributed by atoms with Crippen LogP contribution in [0.25, 0.3) is 0 Å². The number of aromatic nitrogens is 1. The Balaban J connectivity index is 2.55. The second kappa shape index (κ2) is 4.92. The van der Waals surface area contributed by atoms with Gasteiger partial charge in [0.1, 0.15) is 6.61 Å². The van der Waals surface area contributed by atoms with E-state index in [2.05, 4.69) is 9.72 Å². The molecule has 0 radical (unpaired) electrons. The lowest BCUT2D eigenvalue weighted by Crippen LogP contribution is -2.23. The predicted octanol–water partition coefficient (Wildman–Crippen LogP) is 0.656. The number of carbonyl (C=O) groups is 1. The number of rotatable bonds is 4. The van der Waals surface area contributed by atoms with Crippen molar-refractivity contribution in [3.8, 4) is 5.19 Å². The predicted molar refractivity (Wildman–Crippen MR) is 52.6 cm³/mol. The van der Waals surface area contributed by atoms with E-state index in [0.29, 0.717) is 11.8 Å². The van der Waals surface area contributed by atoms with E-state index >= 15 is 0 Å². The van der Waals surface area contributed by atoms with Crippen LogP contribution in [-0.4, -0.2) is 30.7 Å². The highest BCUT2D eigenvalue weighted by atomic mass is 32.1. The van der Waals surface area contributed by atoms with Gasteiger partial charge in [0.25, 0.3) is 5.19 Å². The molecule has 0 aliphatic heterocycles. The van der Waals surface area contributed by atoms with Gasteiger partial charge in [-0.3, -0.25) is 0 Å². The standard InChI is InChI=1S/C8H12N2O3S/c1-5(9)3-13-8-10-6(4-14-8)7(11)12-2/h4-5H,3,9H2,1-2H3. The first-order chi connectivity index (χ1) is 6.63. The molecule has 14 heavy (non-hydrogen) atoms. The minimum absolute atomic E-state index is 0.0551. The van der Waals surface area contributed by atoms with Gasteiger partial charge in [-0.25, -0.2) is 4.79 Å². The largest absolute Gasteiger partial charge is 0.468 e. The van der Waals surface area contributed by atoms with Gasteiger partial charge in [0.2, 0.25) is 0 Å². The summed E-state index contributed by atoms with van der Waals surface area (Å²) in [5, 5.41) is 2.02. The first kappa shape index (κ1) is 10.9. The lowest BCUT2D eigenvalue weighted by molar-refractivity contribution is 0.0594. The minimum atomic E-state index is -0.461. The molecule has 1 aromatic rings. The quantitative estimate of drug-likeness (QED) is 0.748. The van der Waals surface area contributed by atoms with Gasteiger partial charge in [0.05, 0.1) is 7.11 Å². The molecule has 5 nitrogen and oxygen atoms in total. The van der Waals surface area contributed by atoms with E-state index in [-0.39, 0.29) is 11.7 Å². The average molecular weight is 216 g/mol. The molecule has 1 unspecified atom stereocenters. The van der Waals surface area contributed by atoms with E-state index in [4.69, 9.17) is 10.5 Å². The van der Waals surface area contributed by atoms with Gasteiger partial charge in [-0.15, -0.1) is 0 Å². The van der Waals surface area contributed by atoms with Crippen molar-refractivity contribution in [3.63, 3.8) is 0 Å². The van der Waals surface area contributed by atoms with Crippen LogP contribution >= 0.6 is 11.3 Å². The maximum absolute atomic E-state index is 11.0. The Bertz CT molecular complexity index is 311. The number of thiazole rings is 1. The van der Waals surface area contributed by atoms with Gasteiger partial charge in [-0.2, -0.15) is 4.98 Å². The molecule has 0 fully saturated rings. The number of nitrogens with two attached hydrogens (primary N) is 1. The van der Waals surface area contributed by atoms with Gasteiger partial charge in [0.15, 0.2) is 5.69 Å². The van der Waals surface area contributed by atoms with Crippen LogP contribution in [0.2, 0.25) is 0 Å². The average Bonchev–Trinajstić information content (AvgIpc) is 2.62. The summed E-state index contributed by atoms with van der Waals surface area (Å²) >= 11 is 1.25. The Morgan fingerprint density at radius 2 is 2.50 bits per heavy atom. The van der Waals surface area contributed by atoms with Crippen LogP contribution < -0.4 is 10.5 Å². The minimum Gasteiger partial charge on any atom is -0.468 e. The van der Waals surface area contributed by atoms with E-state index in [1.165, 1.54) is 18.4 Å². The zero-order chi connectivity index (χ0) is 10.6. The van der Waals surface area contributed by atoms with Crippen molar-refractivity contribution in [2.24, 2.45) is 5.73 Å². The zero-order valence-electron chi connectivity index (χ0n) is 8.02. The maximum Gasteiger partial charge on any atom is 0.357 e. The summed E-state index contributed by atoms with van der Waals surface area (Å²) in [5.41, 5.74) is 5.75. The molecule has 1 atom stereocenters. The van der Waals surface area contributed by atoms with Crippen LogP contribution in [0.15, 0.2) is 5.38 Å². The van der Waals surface area contributed by atoms with Crippen LogP contribution in [0.1, 0.15) is 17.4 Å². The second-order valence-corrected chi connectivity index (χ2v) is 3.60. The first-order valence-corrected chi connectivity index (χ1v) is 4.93. The highest BCUT2D eigenvalue weighted by Crippen LogP contribution is 2.18. The number of esters is 1. The van der Waals surface area contributed by atoms with Crippen LogP contribution in [0.5, 0.6) is 5.19 Å². The highest BCUT2D eigenvalue weighted by Gasteiger charge is 2.11. The lowest BCUT2D eigenvalue weighted by atomic mass is 10.4. The monoisotopic (exact) mass is 216 g/mol. The third-order valence-electron chi connectivity index (χ3n) is 1.35. The summed E-state index contributed by atoms with van der Waals surface area (Å²) in [6.45, 7) is 2.21. The van der Waals surface area contributed by atoms with Gasteiger partial charge in [-0.05, 0) is 6.92 Å². The number of carbonyl (C=O) groups excluding carboxylic acids is 1. The van der Waals surface area contributed by atoms with E-state index in [0.717, 1.165) is 0 Å². The summed E-state index contributed by atoms with van der Waals surface area (Å²) in [5.74, 6) is -0.461. The molecular formula is C8H12N2O3S. The molecule has 0 saturated heterocycles. The summed E-state index contributed by atoms with van der Waals surface area (Å²) in [6, 6.07) is -0.0551. The van der Waals surface area contributed by atoms with Crippen molar-refractivity contribution in [1.29, 1.82) is 0 Å². The molecule has 1 aromatic heterocycles. The Morgan fingerprint density at radius 1 is 1.79 bits per heavy atom. The van der Waals surface area contributed by atoms with Crippen molar-refractivity contribution in [1.82, 2.24) is 4.98 Å². The summed E-state index contributed by atoms with van der Waals surface area (Å²) < 4.78 is 9.72. The smallest absolute Gasteiger partial charge is 0.357 e. The Kier molecular flexibility index (Phi) is 3.84.